The molecule has 1 fully saturated rings. The summed E-state index contributed by atoms with van der Waals surface area (Å²) in [4.78, 5) is 2.42. The van der Waals surface area contributed by atoms with Gasteiger partial charge in [-0.25, -0.2) is 0 Å². The number of nitrogens with zero attached hydrogens (tertiary/aromatic N) is 1. The van der Waals surface area contributed by atoms with Crippen LogP contribution in [0.4, 0.5) is 0 Å². The Morgan fingerprint density at radius 2 is 1.89 bits per heavy atom. The Balaban J connectivity index is 1.86. The summed E-state index contributed by atoms with van der Waals surface area (Å²) >= 11 is 0. The van der Waals surface area contributed by atoms with Crippen LogP contribution in [0.5, 0.6) is 0 Å². The fourth-order valence-corrected chi connectivity index (χ4v) is 2.70. The molecule has 0 aromatic heterocycles. The molecule has 0 radical (unpaired) electrons. The van der Waals surface area contributed by atoms with E-state index in [0.717, 1.165) is 6.54 Å². The molecule has 0 saturated carbocycles. The van der Waals surface area contributed by atoms with Crippen molar-refractivity contribution < 1.29 is 0 Å². The van der Waals surface area contributed by atoms with E-state index in [4.69, 9.17) is 0 Å². The summed E-state index contributed by atoms with van der Waals surface area (Å²) in [6.45, 7) is 10.3. The normalized spacial score (nSPS) is 21.6. The van der Waals surface area contributed by atoms with Crippen LogP contribution in [0.1, 0.15) is 38.3 Å². The second-order valence-corrected chi connectivity index (χ2v) is 6.90. The van der Waals surface area contributed by atoms with Gasteiger partial charge in [-0.2, -0.15) is 0 Å². The van der Waals surface area contributed by atoms with Crippen LogP contribution in [0.15, 0.2) is 24.3 Å². The van der Waals surface area contributed by atoms with Crippen LogP contribution in [0.3, 0.4) is 0 Å². The summed E-state index contributed by atoms with van der Waals surface area (Å²) in [5.74, 6) is 0. The van der Waals surface area contributed by atoms with Crippen molar-refractivity contribution in [1.82, 2.24) is 10.2 Å². The van der Waals surface area contributed by atoms with Gasteiger partial charge in [0.2, 0.25) is 0 Å². The average Bonchev–Trinajstić information content (AvgIpc) is 2.36. The zero-order valence-corrected chi connectivity index (χ0v) is 12.9. The third-order valence-corrected chi connectivity index (χ3v) is 4.06. The van der Waals surface area contributed by atoms with Crippen molar-refractivity contribution in [3.63, 3.8) is 0 Å². The van der Waals surface area contributed by atoms with Crippen molar-refractivity contribution in [1.29, 1.82) is 0 Å². The van der Waals surface area contributed by atoms with Crippen molar-refractivity contribution in [3.05, 3.63) is 35.4 Å². The molecule has 0 spiro atoms. The van der Waals surface area contributed by atoms with Crippen LogP contribution < -0.4 is 5.32 Å². The first kappa shape index (κ1) is 14.5. The lowest BCUT2D eigenvalue weighted by Gasteiger charge is -2.31. The molecule has 106 valence electrons. The summed E-state index contributed by atoms with van der Waals surface area (Å²) in [7, 11) is 2.21. The maximum absolute atomic E-state index is 3.61. The monoisotopic (exact) mass is 260 g/mol. The summed E-state index contributed by atoms with van der Waals surface area (Å²) in [6, 6.07) is 9.83. The minimum absolute atomic E-state index is 0.256. The van der Waals surface area contributed by atoms with Crippen LogP contribution in [-0.2, 0) is 11.8 Å². The molecule has 0 aliphatic carbocycles. The van der Waals surface area contributed by atoms with Gasteiger partial charge in [0.25, 0.3) is 0 Å². The van der Waals surface area contributed by atoms with Gasteiger partial charge in [-0.1, -0.05) is 45.0 Å². The van der Waals surface area contributed by atoms with Crippen molar-refractivity contribution in [2.75, 3.05) is 26.7 Å². The fourth-order valence-electron chi connectivity index (χ4n) is 2.70. The molecule has 1 heterocycles. The second-order valence-electron chi connectivity index (χ2n) is 6.90. The van der Waals surface area contributed by atoms with E-state index in [2.05, 4.69) is 62.3 Å². The van der Waals surface area contributed by atoms with Gasteiger partial charge in [0, 0.05) is 25.7 Å². The Hall–Kier alpha value is -0.860. The predicted molar refractivity (Wildman–Crippen MR) is 82.8 cm³/mol. The zero-order chi connectivity index (χ0) is 13.9. The number of aryl methyl sites for hydroxylation is 1. The van der Waals surface area contributed by atoms with E-state index < -0.39 is 0 Å². The standard InChI is InChI=1S/C17H28N2/c1-17(2,3)15-8-5-14(6-9-15)7-10-16-13-19(4)12-11-18-16/h5-6,8-9,16,18H,7,10-13H2,1-4H3. The first-order valence-corrected chi connectivity index (χ1v) is 7.46. The van der Waals surface area contributed by atoms with Gasteiger partial charge in [-0.05, 0) is 36.4 Å². The second kappa shape index (κ2) is 6.06. The fraction of sp³-hybridized carbons (Fsp3) is 0.647. The molecule has 2 rings (SSSR count). The molecular weight excluding hydrogens is 232 g/mol. The van der Waals surface area contributed by atoms with Crippen molar-refractivity contribution >= 4 is 0 Å². The van der Waals surface area contributed by atoms with E-state index in [0.29, 0.717) is 6.04 Å². The molecule has 1 atom stereocenters. The first-order chi connectivity index (χ1) is 8.95. The van der Waals surface area contributed by atoms with E-state index in [9.17, 15) is 0 Å². The van der Waals surface area contributed by atoms with Gasteiger partial charge in [0.15, 0.2) is 0 Å². The SMILES string of the molecule is CN1CCNC(CCc2ccc(C(C)(C)C)cc2)C1. The molecule has 1 aromatic rings. The summed E-state index contributed by atoms with van der Waals surface area (Å²) < 4.78 is 0. The molecule has 19 heavy (non-hydrogen) atoms. The Morgan fingerprint density at radius 1 is 1.21 bits per heavy atom. The lowest BCUT2D eigenvalue weighted by Crippen LogP contribution is -2.49. The Kier molecular flexibility index (Phi) is 4.64. The van der Waals surface area contributed by atoms with Crippen molar-refractivity contribution in [3.8, 4) is 0 Å². The van der Waals surface area contributed by atoms with Gasteiger partial charge in [-0.15, -0.1) is 0 Å². The number of hydrogen-bond acceptors (Lipinski definition) is 2. The Bertz CT molecular complexity index is 389. The number of piperazine rings is 1. The molecular formula is C17H28N2. The smallest absolute Gasteiger partial charge is 0.0198 e. The molecule has 1 aliphatic heterocycles. The van der Waals surface area contributed by atoms with Crippen LogP contribution in [0.2, 0.25) is 0 Å². The topological polar surface area (TPSA) is 15.3 Å². The minimum Gasteiger partial charge on any atom is -0.311 e. The summed E-state index contributed by atoms with van der Waals surface area (Å²) in [5, 5.41) is 3.61. The number of benzene rings is 1. The summed E-state index contributed by atoms with van der Waals surface area (Å²) in [5.41, 5.74) is 3.14. The van der Waals surface area contributed by atoms with Gasteiger partial charge >= 0.3 is 0 Å². The molecule has 1 aromatic carbocycles. The molecule has 0 bridgehead atoms. The van der Waals surface area contributed by atoms with Gasteiger partial charge in [0.1, 0.15) is 0 Å². The number of nitrogens with one attached hydrogen (secondary N) is 1. The predicted octanol–water partition coefficient (Wildman–Crippen LogP) is 2.82. The lowest BCUT2D eigenvalue weighted by molar-refractivity contribution is 0.232. The summed E-state index contributed by atoms with van der Waals surface area (Å²) in [6.07, 6.45) is 2.41. The Labute approximate surface area is 118 Å². The average molecular weight is 260 g/mol. The lowest BCUT2D eigenvalue weighted by atomic mass is 9.86. The van der Waals surface area contributed by atoms with Gasteiger partial charge < -0.3 is 10.2 Å². The van der Waals surface area contributed by atoms with E-state index in [1.807, 2.05) is 0 Å². The zero-order valence-electron chi connectivity index (χ0n) is 12.9. The van der Waals surface area contributed by atoms with E-state index in [1.54, 1.807) is 0 Å². The van der Waals surface area contributed by atoms with Crippen LogP contribution in [0, 0.1) is 0 Å². The molecule has 1 aliphatic rings. The van der Waals surface area contributed by atoms with Crippen LogP contribution in [-0.4, -0.2) is 37.6 Å². The quantitative estimate of drug-likeness (QED) is 0.899. The molecule has 1 unspecified atom stereocenters. The third kappa shape index (κ3) is 4.32. The number of rotatable bonds is 3. The van der Waals surface area contributed by atoms with Crippen molar-refractivity contribution in [2.24, 2.45) is 0 Å². The first-order valence-electron chi connectivity index (χ1n) is 7.46. The molecule has 2 heteroatoms. The van der Waals surface area contributed by atoms with Crippen molar-refractivity contribution in [2.45, 2.75) is 45.1 Å². The maximum Gasteiger partial charge on any atom is 0.0198 e. The third-order valence-electron chi connectivity index (χ3n) is 4.06. The Morgan fingerprint density at radius 3 is 2.47 bits per heavy atom. The van der Waals surface area contributed by atoms with E-state index in [-0.39, 0.29) is 5.41 Å². The molecule has 1 N–H and O–H groups in total. The largest absolute Gasteiger partial charge is 0.311 e. The number of hydrogen-bond donors (Lipinski definition) is 1. The number of likely N-dealkylation sites (N-methyl/N-ethyl adjacent to an activating group) is 1. The maximum atomic E-state index is 3.61. The molecule has 0 amide bonds. The van der Waals surface area contributed by atoms with Crippen LogP contribution in [0.25, 0.3) is 0 Å². The van der Waals surface area contributed by atoms with Gasteiger partial charge in [0.05, 0.1) is 0 Å². The highest BCUT2D eigenvalue weighted by atomic mass is 15.2. The highest BCUT2D eigenvalue weighted by Gasteiger charge is 2.16. The highest BCUT2D eigenvalue weighted by Crippen LogP contribution is 2.22. The van der Waals surface area contributed by atoms with E-state index in [1.165, 1.54) is 37.1 Å². The van der Waals surface area contributed by atoms with Gasteiger partial charge in [-0.3, -0.25) is 0 Å². The minimum atomic E-state index is 0.256. The van der Waals surface area contributed by atoms with E-state index >= 15 is 0 Å². The molecule has 2 nitrogen and oxygen atoms in total. The molecule has 1 saturated heterocycles. The highest BCUT2D eigenvalue weighted by molar-refractivity contribution is 5.27. The van der Waals surface area contributed by atoms with Crippen LogP contribution >= 0.6 is 0 Å².